The summed E-state index contributed by atoms with van der Waals surface area (Å²) < 4.78 is 2.08. The topological polar surface area (TPSA) is 97.9 Å². The second-order valence-corrected chi connectivity index (χ2v) is 6.85. The van der Waals surface area contributed by atoms with Crippen molar-refractivity contribution in [2.75, 3.05) is 12.3 Å². The minimum absolute atomic E-state index is 0.173. The van der Waals surface area contributed by atoms with Gasteiger partial charge in [0.25, 0.3) is 0 Å². The van der Waals surface area contributed by atoms with Crippen LogP contribution in [0.4, 0.5) is 10.6 Å². The molecule has 0 atom stereocenters. The van der Waals surface area contributed by atoms with Crippen LogP contribution in [0.1, 0.15) is 37.9 Å². The van der Waals surface area contributed by atoms with Crippen molar-refractivity contribution in [1.82, 2.24) is 25.2 Å². The number of aryl methyl sites for hydroxylation is 3. The maximum atomic E-state index is 11.8. The van der Waals surface area contributed by atoms with Crippen molar-refractivity contribution in [3.63, 3.8) is 0 Å². The number of nitrogen functional groups attached to an aromatic ring is 1. The van der Waals surface area contributed by atoms with Crippen LogP contribution in [0.3, 0.4) is 0 Å². The monoisotopic (exact) mass is 318 g/mol. The maximum Gasteiger partial charge on any atom is 0.315 e. The summed E-state index contributed by atoms with van der Waals surface area (Å²) in [5.41, 5.74) is 9.41. The number of hydrogen-bond acceptors (Lipinski definition) is 4. The number of hydrogen-bond donors (Lipinski definition) is 3. The Bertz CT molecular complexity index is 741. The molecule has 0 spiro atoms. The van der Waals surface area contributed by atoms with Crippen molar-refractivity contribution in [1.29, 1.82) is 0 Å². The number of fused-ring (bicyclic) bond motifs is 1. The molecule has 126 valence electrons. The average molecular weight is 318 g/mol. The van der Waals surface area contributed by atoms with Gasteiger partial charge < -0.3 is 20.9 Å². The van der Waals surface area contributed by atoms with E-state index >= 15 is 0 Å². The summed E-state index contributed by atoms with van der Waals surface area (Å²) in [5, 5.41) is 5.75. The first-order chi connectivity index (χ1) is 10.6. The lowest BCUT2D eigenvalue weighted by Gasteiger charge is -2.21. The number of urea groups is 1. The lowest BCUT2D eigenvalue weighted by Crippen LogP contribution is -2.47. The fourth-order valence-electron chi connectivity index (χ4n) is 2.55. The van der Waals surface area contributed by atoms with E-state index < -0.39 is 0 Å². The molecular weight excluding hydrogens is 292 g/mol. The number of amides is 2. The highest BCUT2D eigenvalue weighted by atomic mass is 16.2. The van der Waals surface area contributed by atoms with Gasteiger partial charge in [-0.3, -0.25) is 0 Å². The molecule has 0 radical (unpaired) electrons. The summed E-state index contributed by atoms with van der Waals surface area (Å²) in [6.45, 7) is 12.9. The maximum absolute atomic E-state index is 11.8. The van der Waals surface area contributed by atoms with E-state index in [1.165, 1.54) is 0 Å². The molecule has 2 amide bonds. The van der Waals surface area contributed by atoms with E-state index in [4.69, 9.17) is 5.73 Å². The van der Waals surface area contributed by atoms with Gasteiger partial charge in [0.05, 0.1) is 5.52 Å². The van der Waals surface area contributed by atoms with Gasteiger partial charge in [-0.15, -0.1) is 0 Å². The summed E-state index contributed by atoms with van der Waals surface area (Å²) in [7, 11) is 0. The van der Waals surface area contributed by atoms with Crippen molar-refractivity contribution in [2.24, 2.45) is 0 Å². The molecule has 0 saturated carbocycles. The Hall–Kier alpha value is -2.31. The van der Waals surface area contributed by atoms with E-state index in [1.807, 2.05) is 41.5 Å². The Labute approximate surface area is 136 Å². The third-order valence-corrected chi connectivity index (χ3v) is 3.70. The van der Waals surface area contributed by atoms with Crippen LogP contribution in [0.5, 0.6) is 0 Å². The van der Waals surface area contributed by atoms with Gasteiger partial charge >= 0.3 is 6.03 Å². The Kier molecular flexibility index (Phi) is 4.49. The third kappa shape index (κ3) is 3.72. The lowest BCUT2D eigenvalue weighted by atomic mass is 10.1. The molecule has 23 heavy (non-hydrogen) atoms. The normalized spacial score (nSPS) is 11.7. The number of carbonyl (C=O) groups excluding carboxylic acids is 1. The first-order valence-corrected chi connectivity index (χ1v) is 7.75. The van der Waals surface area contributed by atoms with Crippen molar-refractivity contribution in [2.45, 2.75) is 53.6 Å². The number of rotatable bonds is 3. The van der Waals surface area contributed by atoms with E-state index in [-0.39, 0.29) is 11.6 Å². The SMILES string of the molecule is Cc1nc(N)c2nc(C)n(CCNC(=O)NC(C)(C)C)c2c1C. The number of nitrogens with two attached hydrogens (primary N) is 1. The molecule has 0 aromatic carbocycles. The number of nitrogens with zero attached hydrogens (tertiary/aromatic N) is 3. The number of nitrogens with one attached hydrogen (secondary N) is 2. The van der Waals surface area contributed by atoms with E-state index in [0.29, 0.717) is 18.9 Å². The smallest absolute Gasteiger partial charge is 0.315 e. The van der Waals surface area contributed by atoms with Gasteiger partial charge in [0.1, 0.15) is 11.3 Å². The molecule has 2 aromatic heterocycles. The fraction of sp³-hybridized carbons (Fsp3) is 0.562. The minimum Gasteiger partial charge on any atom is -0.382 e. The van der Waals surface area contributed by atoms with Crippen molar-refractivity contribution >= 4 is 22.9 Å². The van der Waals surface area contributed by atoms with Gasteiger partial charge in [-0.05, 0) is 47.1 Å². The lowest BCUT2D eigenvalue weighted by molar-refractivity contribution is 0.231. The Morgan fingerprint density at radius 3 is 2.48 bits per heavy atom. The second-order valence-electron chi connectivity index (χ2n) is 6.85. The van der Waals surface area contributed by atoms with Gasteiger partial charge in [0.15, 0.2) is 5.82 Å². The van der Waals surface area contributed by atoms with Gasteiger partial charge in [-0.25, -0.2) is 14.8 Å². The Morgan fingerprint density at radius 1 is 1.22 bits per heavy atom. The molecule has 2 aromatic rings. The molecule has 2 rings (SSSR count). The highest BCUT2D eigenvalue weighted by Crippen LogP contribution is 2.25. The van der Waals surface area contributed by atoms with Crippen molar-refractivity contribution in [3.8, 4) is 0 Å². The standard InChI is InChI=1S/C16H26N6O/c1-9-10(2)19-14(17)12-13(9)22(11(3)20-12)8-7-18-15(23)21-16(4,5)6/h7-8H2,1-6H3,(H2,17,19)(H2,18,21,23). The Morgan fingerprint density at radius 2 is 1.87 bits per heavy atom. The van der Waals surface area contributed by atoms with E-state index in [9.17, 15) is 4.79 Å². The molecule has 2 heterocycles. The zero-order valence-electron chi connectivity index (χ0n) is 14.7. The van der Waals surface area contributed by atoms with E-state index in [1.54, 1.807) is 0 Å². The average Bonchev–Trinajstić information content (AvgIpc) is 2.72. The minimum atomic E-state index is -0.254. The van der Waals surface area contributed by atoms with Crippen LogP contribution in [-0.4, -0.2) is 32.6 Å². The predicted molar refractivity (Wildman–Crippen MR) is 92.4 cm³/mol. The largest absolute Gasteiger partial charge is 0.382 e. The summed E-state index contributed by atoms with van der Waals surface area (Å²) in [6, 6.07) is -0.173. The zero-order valence-corrected chi connectivity index (χ0v) is 14.7. The molecule has 0 bridgehead atoms. The van der Waals surface area contributed by atoms with Gasteiger partial charge in [0, 0.05) is 24.3 Å². The number of carbonyl (C=O) groups is 1. The second kappa shape index (κ2) is 6.06. The molecule has 0 fully saturated rings. The molecule has 0 saturated heterocycles. The fourth-order valence-corrected chi connectivity index (χ4v) is 2.55. The van der Waals surface area contributed by atoms with Crippen LogP contribution in [0.2, 0.25) is 0 Å². The van der Waals surface area contributed by atoms with Crippen molar-refractivity contribution < 1.29 is 4.79 Å². The van der Waals surface area contributed by atoms with E-state index in [0.717, 1.165) is 28.1 Å². The van der Waals surface area contributed by atoms with Crippen LogP contribution in [0.25, 0.3) is 11.0 Å². The predicted octanol–water partition coefficient (Wildman–Crippen LogP) is 2.04. The molecule has 7 heteroatoms. The van der Waals surface area contributed by atoms with Crippen molar-refractivity contribution in [3.05, 3.63) is 17.1 Å². The molecule has 0 aliphatic carbocycles. The molecule has 0 unspecified atom stereocenters. The first kappa shape index (κ1) is 17.1. The number of pyridine rings is 1. The summed E-state index contributed by atoms with van der Waals surface area (Å²) in [4.78, 5) is 20.7. The van der Waals surface area contributed by atoms with E-state index in [2.05, 4.69) is 25.2 Å². The molecule has 4 N–H and O–H groups in total. The number of imidazole rings is 1. The quantitative estimate of drug-likeness (QED) is 0.806. The van der Waals surface area contributed by atoms with Crippen LogP contribution >= 0.6 is 0 Å². The molecule has 0 aliphatic heterocycles. The van der Waals surface area contributed by atoms with Crippen LogP contribution in [-0.2, 0) is 6.54 Å². The van der Waals surface area contributed by atoms with Crippen LogP contribution in [0.15, 0.2) is 0 Å². The van der Waals surface area contributed by atoms with Gasteiger partial charge in [-0.1, -0.05) is 0 Å². The van der Waals surface area contributed by atoms with Crippen LogP contribution in [0, 0.1) is 20.8 Å². The highest BCUT2D eigenvalue weighted by Gasteiger charge is 2.16. The van der Waals surface area contributed by atoms with Gasteiger partial charge in [0.2, 0.25) is 0 Å². The summed E-state index contributed by atoms with van der Waals surface area (Å²) in [5.74, 6) is 1.31. The number of anilines is 1. The summed E-state index contributed by atoms with van der Waals surface area (Å²) in [6.07, 6.45) is 0. The molecule has 0 aliphatic rings. The highest BCUT2D eigenvalue weighted by molar-refractivity contribution is 5.88. The molecular formula is C16H26N6O. The third-order valence-electron chi connectivity index (χ3n) is 3.70. The number of aromatic nitrogens is 3. The molecule has 7 nitrogen and oxygen atoms in total. The summed E-state index contributed by atoms with van der Waals surface area (Å²) >= 11 is 0. The van der Waals surface area contributed by atoms with Crippen LogP contribution < -0.4 is 16.4 Å². The zero-order chi connectivity index (χ0) is 17.4. The first-order valence-electron chi connectivity index (χ1n) is 7.75. The Balaban J connectivity index is 2.18. The van der Waals surface area contributed by atoms with Gasteiger partial charge in [-0.2, -0.15) is 0 Å².